The predicted molar refractivity (Wildman–Crippen MR) is 44.8 cm³/mol. The number of amides is 1. The van der Waals surface area contributed by atoms with Gasteiger partial charge in [0, 0.05) is 7.05 Å². The fourth-order valence-electron chi connectivity index (χ4n) is 0.532. The van der Waals surface area contributed by atoms with Gasteiger partial charge in [0.05, 0.1) is 25.2 Å². The van der Waals surface area contributed by atoms with Gasteiger partial charge in [-0.25, -0.2) is 5.06 Å². The van der Waals surface area contributed by atoms with Crippen LogP contribution in [-0.2, 0) is 14.4 Å². The molecule has 0 aliphatic carbocycles. The van der Waals surface area contributed by atoms with Gasteiger partial charge in [-0.15, -0.1) is 0 Å². The highest BCUT2D eigenvalue weighted by Crippen LogP contribution is 1.99. The summed E-state index contributed by atoms with van der Waals surface area (Å²) >= 11 is 0. The smallest absolute Gasteiger partial charge is 0.275 e. The fourth-order valence-corrected chi connectivity index (χ4v) is 0.532. The zero-order valence-electron chi connectivity index (χ0n) is 7.53. The molecule has 68 valence electrons. The number of likely N-dealkylation sites (N-methyl/N-ethyl adjacent to an activating group) is 1. The first-order valence-electron chi connectivity index (χ1n) is 3.38. The lowest BCUT2D eigenvalue weighted by molar-refractivity contribution is -0.164. The number of nitrogens with zero attached hydrogens (tertiary/aromatic N) is 1. The van der Waals surface area contributed by atoms with Crippen LogP contribution in [0.3, 0.4) is 0 Å². The Bertz CT molecular complexity index is 198. The molecule has 0 heterocycles. The van der Waals surface area contributed by atoms with Gasteiger partial charge < -0.3 is 4.74 Å². The number of carbonyl (C=O) groups excluding carboxylic acids is 1. The lowest BCUT2D eigenvalue weighted by Gasteiger charge is -2.12. The largest absolute Gasteiger partial charge is 0.473 e. The van der Waals surface area contributed by atoms with Crippen molar-refractivity contribution < 1.29 is 14.4 Å². The molecule has 0 spiro atoms. The molecule has 0 fully saturated rings. The topological polar surface area (TPSA) is 38.8 Å². The van der Waals surface area contributed by atoms with Gasteiger partial charge in [0.1, 0.15) is 0 Å². The fraction of sp³-hybridized carbons (Fsp3) is 0.375. The van der Waals surface area contributed by atoms with Crippen LogP contribution in [0.2, 0.25) is 0 Å². The van der Waals surface area contributed by atoms with E-state index in [9.17, 15) is 4.79 Å². The molecule has 0 saturated heterocycles. The molecule has 12 heavy (non-hydrogen) atoms. The molecule has 0 aromatic rings. The van der Waals surface area contributed by atoms with E-state index in [-0.39, 0.29) is 5.91 Å². The molecule has 0 bridgehead atoms. The second-order valence-electron chi connectivity index (χ2n) is 2.09. The summed E-state index contributed by atoms with van der Waals surface area (Å²) in [6.07, 6.45) is 2.55. The van der Waals surface area contributed by atoms with E-state index in [1.54, 1.807) is 6.92 Å². The molecule has 4 nitrogen and oxygen atoms in total. The normalized spacial score (nSPS) is 10.8. The Labute approximate surface area is 72.0 Å². The second kappa shape index (κ2) is 5.37. The number of hydroxylamine groups is 2. The van der Waals surface area contributed by atoms with Crippen molar-refractivity contribution in [1.82, 2.24) is 5.06 Å². The Morgan fingerprint density at radius 2 is 2.17 bits per heavy atom. The second-order valence-corrected chi connectivity index (χ2v) is 2.09. The van der Waals surface area contributed by atoms with E-state index in [2.05, 4.69) is 11.4 Å². The molecule has 0 atom stereocenters. The molecule has 0 aromatic carbocycles. The van der Waals surface area contributed by atoms with E-state index in [1.807, 2.05) is 0 Å². The zero-order valence-corrected chi connectivity index (χ0v) is 7.53. The summed E-state index contributed by atoms with van der Waals surface area (Å²) in [6, 6.07) is 0. The Morgan fingerprint density at radius 3 is 2.58 bits per heavy atom. The summed E-state index contributed by atoms with van der Waals surface area (Å²) in [4.78, 5) is 15.9. The molecule has 0 aliphatic heterocycles. The highest BCUT2D eigenvalue weighted by Gasteiger charge is 2.09. The molecule has 0 radical (unpaired) electrons. The van der Waals surface area contributed by atoms with Crippen molar-refractivity contribution in [2.75, 3.05) is 14.2 Å². The van der Waals surface area contributed by atoms with Gasteiger partial charge in [-0.05, 0) is 6.92 Å². The molecule has 0 aromatic heterocycles. The van der Waals surface area contributed by atoms with Crippen LogP contribution in [0.5, 0.6) is 0 Å². The molecule has 1 amide bonds. The van der Waals surface area contributed by atoms with E-state index >= 15 is 0 Å². The zero-order chi connectivity index (χ0) is 9.56. The highest BCUT2D eigenvalue weighted by molar-refractivity contribution is 5.91. The minimum atomic E-state index is -0.251. The summed E-state index contributed by atoms with van der Waals surface area (Å²) in [5.74, 6) is -0.251. The number of hydrogen-bond donors (Lipinski definition) is 0. The summed E-state index contributed by atoms with van der Waals surface area (Å²) in [6.45, 7) is 4.96. The number of ether oxygens (including phenoxy) is 1. The predicted octanol–water partition coefficient (Wildman–Crippen LogP) is 1.07. The van der Waals surface area contributed by atoms with Crippen molar-refractivity contribution >= 4 is 5.91 Å². The number of rotatable bonds is 4. The van der Waals surface area contributed by atoms with E-state index in [0.717, 1.165) is 5.06 Å². The maximum absolute atomic E-state index is 11.2. The van der Waals surface area contributed by atoms with Crippen molar-refractivity contribution in [2.24, 2.45) is 0 Å². The van der Waals surface area contributed by atoms with Gasteiger partial charge in [-0.3, -0.25) is 9.63 Å². The van der Waals surface area contributed by atoms with Crippen LogP contribution in [0.4, 0.5) is 0 Å². The van der Waals surface area contributed by atoms with E-state index in [1.165, 1.54) is 26.7 Å². The quantitative estimate of drug-likeness (QED) is 0.361. The number of hydrogen-bond acceptors (Lipinski definition) is 3. The standard InChI is InChI=1S/C8H13NO3/c1-5-12-6-7(2)8(10)9(3)11-4/h5-6H,1H2,2-4H3/b7-6+. The van der Waals surface area contributed by atoms with Gasteiger partial charge >= 0.3 is 0 Å². The molecular formula is C8H13NO3. The SMILES string of the molecule is C=CO/C=C(\C)C(=O)N(C)OC. The Kier molecular flexibility index (Phi) is 4.79. The third kappa shape index (κ3) is 3.21. The summed E-state index contributed by atoms with van der Waals surface area (Å²) in [5, 5.41) is 1.11. The average Bonchev–Trinajstić information content (AvgIpc) is 2.11. The van der Waals surface area contributed by atoms with Gasteiger partial charge in [-0.2, -0.15) is 0 Å². The molecule has 4 heteroatoms. The summed E-state index contributed by atoms with van der Waals surface area (Å²) in [7, 11) is 2.94. The summed E-state index contributed by atoms with van der Waals surface area (Å²) in [5.41, 5.74) is 0.444. The van der Waals surface area contributed by atoms with Crippen LogP contribution in [0.25, 0.3) is 0 Å². The van der Waals surface area contributed by atoms with Crippen molar-refractivity contribution in [1.29, 1.82) is 0 Å². The van der Waals surface area contributed by atoms with Crippen LogP contribution in [0, 0.1) is 0 Å². The molecule has 0 unspecified atom stereocenters. The highest BCUT2D eigenvalue weighted by atomic mass is 16.7. The van der Waals surface area contributed by atoms with Gasteiger partial charge in [0.2, 0.25) is 0 Å². The molecule has 0 aliphatic rings. The molecule has 0 rings (SSSR count). The van der Waals surface area contributed by atoms with Gasteiger partial charge in [0.25, 0.3) is 5.91 Å². The van der Waals surface area contributed by atoms with Crippen LogP contribution in [0.1, 0.15) is 6.92 Å². The number of carbonyl (C=O) groups is 1. The first kappa shape index (κ1) is 10.7. The van der Waals surface area contributed by atoms with E-state index in [4.69, 9.17) is 4.74 Å². The van der Waals surface area contributed by atoms with Crippen LogP contribution >= 0.6 is 0 Å². The van der Waals surface area contributed by atoms with Crippen molar-refractivity contribution in [3.8, 4) is 0 Å². The van der Waals surface area contributed by atoms with Crippen molar-refractivity contribution in [3.63, 3.8) is 0 Å². The third-order valence-electron chi connectivity index (χ3n) is 1.24. The van der Waals surface area contributed by atoms with E-state index in [0.29, 0.717) is 5.57 Å². The maximum Gasteiger partial charge on any atom is 0.275 e. The van der Waals surface area contributed by atoms with Crippen molar-refractivity contribution in [3.05, 3.63) is 24.7 Å². The lowest BCUT2D eigenvalue weighted by atomic mass is 10.3. The Morgan fingerprint density at radius 1 is 1.58 bits per heavy atom. The average molecular weight is 171 g/mol. The molecule has 0 N–H and O–H groups in total. The first-order valence-corrected chi connectivity index (χ1v) is 3.38. The van der Waals surface area contributed by atoms with Crippen LogP contribution in [0.15, 0.2) is 24.7 Å². The van der Waals surface area contributed by atoms with Gasteiger partial charge in [0.15, 0.2) is 0 Å². The van der Waals surface area contributed by atoms with Gasteiger partial charge in [-0.1, -0.05) is 6.58 Å². The van der Waals surface area contributed by atoms with E-state index < -0.39 is 0 Å². The minimum Gasteiger partial charge on any atom is -0.473 e. The Hall–Kier alpha value is -1.29. The maximum atomic E-state index is 11.2. The minimum absolute atomic E-state index is 0.251. The summed E-state index contributed by atoms with van der Waals surface area (Å²) < 4.78 is 4.71. The lowest BCUT2D eigenvalue weighted by Crippen LogP contribution is -2.26. The molecular weight excluding hydrogens is 158 g/mol. The van der Waals surface area contributed by atoms with Crippen LogP contribution < -0.4 is 0 Å². The molecule has 0 saturated carbocycles. The van der Waals surface area contributed by atoms with Crippen LogP contribution in [-0.4, -0.2) is 25.1 Å². The third-order valence-corrected chi connectivity index (χ3v) is 1.24. The first-order chi connectivity index (χ1) is 5.63. The Balaban J connectivity index is 4.17. The monoisotopic (exact) mass is 171 g/mol. The van der Waals surface area contributed by atoms with Crippen molar-refractivity contribution in [2.45, 2.75) is 6.92 Å².